The van der Waals surface area contributed by atoms with Crippen molar-refractivity contribution in [3.05, 3.63) is 35.4 Å². The molecule has 7 nitrogen and oxygen atoms in total. The normalized spacial score (nSPS) is 17.3. The lowest BCUT2D eigenvalue weighted by Crippen LogP contribution is -2.40. The Morgan fingerprint density at radius 2 is 1.93 bits per heavy atom. The number of aromatic nitrogens is 2. The molecule has 2 aliphatic rings. The monoisotopic (exact) mass is 402 g/mol. The van der Waals surface area contributed by atoms with Crippen LogP contribution in [-0.4, -0.2) is 60.2 Å². The van der Waals surface area contributed by atoms with E-state index in [1.165, 1.54) is 12.8 Å². The van der Waals surface area contributed by atoms with E-state index in [2.05, 4.69) is 22.9 Å². The maximum Gasteiger partial charge on any atom is 0.289 e. The van der Waals surface area contributed by atoms with Crippen LogP contribution >= 0.6 is 11.8 Å². The number of ether oxygens (including phenoxy) is 1. The lowest BCUT2D eigenvalue weighted by molar-refractivity contribution is 0.0282. The van der Waals surface area contributed by atoms with Crippen molar-refractivity contribution in [3.8, 4) is 0 Å². The van der Waals surface area contributed by atoms with E-state index in [0.717, 1.165) is 41.9 Å². The van der Waals surface area contributed by atoms with Crippen molar-refractivity contribution >= 4 is 23.5 Å². The Bertz CT molecular complexity index is 814. The second-order valence-corrected chi connectivity index (χ2v) is 7.95. The quantitative estimate of drug-likeness (QED) is 0.543. The highest BCUT2D eigenvalue weighted by atomic mass is 32.2. The summed E-state index contributed by atoms with van der Waals surface area (Å²) in [4.78, 5) is 26.0. The number of hydrogen-bond acceptors (Lipinski definition) is 7. The first-order chi connectivity index (χ1) is 13.7. The number of furan rings is 1. The minimum atomic E-state index is -0.0694. The van der Waals surface area contributed by atoms with E-state index in [1.54, 1.807) is 22.7 Å². The molecule has 8 heteroatoms. The van der Waals surface area contributed by atoms with Gasteiger partial charge in [0.25, 0.3) is 5.91 Å². The largest absolute Gasteiger partial charge is 0.455 e. The molecule has 2 aliphatic heterocycles. The second-order valence-electron chi connectivity index (χ2n) is 7.01. The van der Waals surface area contributed by atoms with E-state index in [-0.39, 0.29) is 5.91 Å². The highest BCUT2D eigenvalue weighted by Crippen LogP contribution is 2.26. The third-order valence-electron chi connectivity index (χ3n) is 5.05. The molecule has 2 aromatic rings. The van der Waals surface area contributed by atoms with Gasteiger partial charge >= 0.3 is 0 Å². The van der Waals surface area contributed by atoms with Gasteiger partial charge in [-0.2, -0.15) is 0 Å². The van der Waals surface area contributed by atoms with Gasteiger partial charge in [0.1, 0.15) is 11.6 Å². The molecule has 2 saturated heterocycles. The molecule has 4 heterocycles. The number of thioether (sulfide) groups is 1. The zero-order valence-electron chi connectivity index (χ0n) is 16.2. The zero-order valence-corrected chi connectivity index (χ0v) is 17.0. The Balaban J connectivity index is 1.41. The summed E-state index contributed by atoms with van der Waals surface area (Å²) < 4.78 is 11.1. The standard InChI is InChI=1S/C20H26N4O3S/c1-2-15-13-18(23-7-3-4-8-23)22-20(21-15)28-14-16-5-6-17(27-16)19(25)24-9-11-26-12-10-24/h5-6,13H,2-4,7-12,14H2,1H3. The lowest BCUT2D eigenvalue weighted by atomic mass is 10.3. The first-order valence-corrected chi connectivity index (χ1v) is 10.9. The van der Waals surface area contributed by atoms with E-state index in [9.17, 15) is 4.79 Å². The van der Waals surface area contributed by atoms with Gasteiger partial charge in [-0.05, 0) is 31.4 Å². The van der Waals surface area contributed by atoms with Crippen LogP contribution < -0.4 is 4.90 Å². The van der Waals surface area contributed by atoms with Crippen LogP contribution in [0.3, 0.4) is 0 Å². The second kappa shape index (κ2) is 8.96. The van der Waals surface area contributed by atoms with E-state index < -0.39 is 0 Å². The average molecular weight is 403 g/mol. The van der Waals surface area contributed by atoms with Gasteiger partial charge in [0.2, 0.25) is 0 Å². The first kappa shape index (κ1) is 19.3. The fourth-order valence-electron chi connectivity index (χ4n) is 3.44. The number of anilines is 1. The number of amides is 1. The minimum Gasteiger partial charge on any atom is -0.455 e. The summed E-state index contributed by atoms with van der Waals surface area (Å²) in [5, 5.41) is 0.763. The predicted molar refractivity (Wildman–Crippen MR) is 108 cm³/mol. The van der Waals surface area contributed by atoms with E-state index in [0.29, 0.717) is 37.8 Å². The van der Waals surface area contributed by atoms with Crippen LogP contribution in [-0.2, 0) is 16.9 Å². The summed E-state index contributed by atoms with van der Waals surface area (Å²) >= 11 is 1.55. The fourth-order valence-corrected chi connectivity index (χ4v) is 4.21. The summed E-state index contributed by atoms with van der Waals surface area (Å²) in [6, 6.07) is 5.72. The Hall–Kier alpha value is -2.06. The van der Waals surface area contributed by atoms with Crippen LogP contribution in [0.1, 0.15) is 41.8 Å². The van der Waals surface area contributed by atoms with Crippen molar-refractivity contribution in [1.82, 2.24) is 14.9 Å². The Morgan fingerprint density at radius 1 is 1.14 bits per heavy atom. The zero-order chi connectivity index (χ0) is 19.3. The predicted octanol–water partition coefficient (Wildman–Crippen LogP) is 3.00. The summed E-state index contributed by atoms with van der Waals surface area (Å²) in [7, 11) is 0. The molecule has 0 aromatic carbocycles. The van der Waals surface area contributed by atoms with Crippen molar-refractivity contribution in [3.63, 3.8) is 0 Å². The highest BCUT2D eigenvalue weighted by molar-refractivity contribution is 7.98. The molecule has 0 spiro atoms. The molecule has 0 aliphatic carbocycles. The summed E-state index contributed by atoms with van der Waals surface area (Å²) in [5.74, 6) is 2.70. The molecule has 4 rings (SSSR count). The molecular formula is C20H26N4O3S. The number of hydrogen-bond donors (Lipinski definition) is 0. The van der Waals surface area contributed by atoms with E-state index in [1.807, 2.05) is 6.07 Å². The van der Waals surface area contributed by atoms with Gasteiger partial charge in [0.05, 0.1) is 19.0 Å². The molecule has 28 heavy (non-hydrogen) atoms. The molecule has 0 saturated carbocycles. The first-order valence-electron chi connectivity index (χ1n) is 9.94. The van der Waals surface area contributed by atoms with Crippen molar-refractivity contribution in [2.24, 2.45) is 0 Å². The van der Waals surface area contributed by atoms with Gasteiger partial charge in [-0.3, -0.25) is 4.79 Å². The maximum absolute atomic E-state index is 12.5. The van der Waals surface area contributed by atoms with E-state index >= 15 is 0 Å². The summed E-state index contributed by atoms with van der Waals surface area (Å²) in [6.45, 7) is 6.63. The average Bonchev–Trinajstić information content (AvgIpc) is 3.44. The van der Waals surface area contributed by atoms with Crippen molar-refractivity contribution in [2.75, 3.05) is 44.3 Å². The van der Waals surface area contributed by atoms with Crippen LogP contribution in [0.2, 0.25) is 0 Å². The molecule has 2 aromatic heterocycles. The number of carbonyl (C=O) groups is 1. The van der Waals surface area contributed by atoms with Gasteiger partial charge in [0, 0.05) is 37.9 Å². The van der Waals surface area contributed by atoms with Gasteiger partial charge in [0.15, 0.2) is 10.9 Å². The van der Waals surface area contributed by atoms with Gasteiger partial charge in [-0.25, -0.2) is 9.97 Å². The number of rotatable bonds is 6. The van der Waals surface area contributed by atoms with Crippen molar-refractivity contribution in [2.45, 2.75) is 37.1 Å². The van der Waals surface area contributed by atoms with Crippen LogP contribution in [0.4, 0.5) is 5.82 Å². The lowest BCUT2D eigenvalue weighted by Gasteiger charge is -2.25. The Labute approximate surface area is 169 Å². The fraction of sp³-hybridized carbons (Fsp3) is 0.550. The van der Waals surface area contributed by atoms with Crippen LogP contribution in [0.25, 0.3) is 0 Å². The molecular weight excluding hydrogens is 376 g/mol. The van der Waals surface area contributed by atoms with Gasteiger partial charge < -0.3 is 19.0 Å². The molecule has 0 atom stereocenters. The summed E-state index contributed by atoms with van der Waals surface area (Å²) in [6.07, 6.45) is 3.33. The van der Waals surface area contributed by atoms with Crippen LogP contribution in [0.5, 0.6) is 0 Å². The molecule has 0 N–H and O–H groups in total. The van der Waals surface area contributed by atoms with Crippen LogP contribution in [0, 0.1) is 0 Å². The third kappa shape index (κ3) is 4.50. The number of nitrogens with zero attached hydrogens (tertiary/aromatic N) is 4. The number of aryl methyl sites for hydroxylation is 1. The molecule has 2 fully saturated rings. The van der Waals surface area contributed by atoms with Gasteiger partial charge in [-0.15, -0.1) is 0 Å². The Kier molecular flexibility index (Phi) is 6.17. The maximum atomic E-state index is 12.5. The smallest absolute Gasteiger partial charge is 0.289 e. The molecule has 150 valence electrons. The van der Waals surface area contributed by atoms with Crippen molar-refractivity contribution < 1.29 is 13.9 Å². The minimum absolute atomic E-state index is 0.0694. The molecule has 0 radical (unpaired) electrons. The third-order valence-corrected chi connectivity index (χ3v) is 5.92. The number of morpholine rings is 1. The number of carbonyl (C=O) groups excluding carboxylic acids is 1. The van der Waals surface area contributed by atoms with Gasteiger partial charge in [-0.1, -0.05) is 18.7 Å². The van der Waals surface area contributed by atoms with Crippen molar-refractivity contribution in [1.29, 1.82) is 0 Å². The molecule has 0 bridgehead atoms. The highest BCUT2D eigenvalue weighted by Gasteiger charge is 2.21. The SMILES string of the molecule is CCc1cc(N2CCCC2)nc(SCc2ccc(C(=O)N3CCOCC3)o2)n1. The van der Waals surface area contributed by atoms with E-state index in [4.69, 9.17) is 14.1 Å². The molecule has 0 unspecified atom stereocenters. The molecule has 1 amide bonds. The topological polar surface area (TPSA) is 71.7 Å². The Morgan fingerprint density at radius 3 is 2.68 bits per heavy atom. The van der Waals surface area contributed by atoms with Crippen LogP contribution in [0.15, 0.2) is 27.8 Å². The summed E-state index contributed by atoms with van der Waals surface area (Å²) in [5.41, 5.74) is 1.06.